The van der Waals surface area contributed by atoms with E-state index in [2.05, 4.69) is 11.6 Å². The molecule has 0 spiro atoms. The van der Waals surface area contributed by atoms with E-state index < -0.39 is 21.2 Å². The second-order valence-electron chi connectivity index (χ2n) is 9.43. The predicted molar refractivity (Wildman–Crippen MR) is 98.4 cm³/mol. The number of carbonyl (C=O) groups is 2. The Morgan fingerprint density at radius 1 is 1.19 bits per heavy atom. The number of urea groups is 1. The van der Waals surface area contributed by atoms with E-state index in [9.17, 15) is 18.0 Å². The van der Waals surface area contributed by atoms with Crippen molar-refractivity contribution in [2.45, 2.75) is 62.8 Å². The van der Waals surface area contributed by atoms with Gasteiger partial charge in [0.1, 0.15) is 0 Å². The van der Waals surface area contributed by atoms with Gasteiger partial charge in [0.05, 0.1) is 24.4 Å². The molecule has 2 saturated heterocycles. The minimum absolute atomic E-state index is 0.0908. The molecule has 2 saturated carbocycles. The zero-order chi connectivity index (χ0) is 19.6. The van der Waals surface area contributed by atoms with Crippen molar-refractivity contribution >= 4 is 22.0 Å². The number of ether oxygens (including phenoxy) is 1. The van der Waals surface area contributed by atoms with Gasteiger partial charge >= 0.3 is 6.03 Å². The molecule has 2 heterocycles. The van der Waals surface area contributed by atoms with Crippen molar-refractivity contribution in [1.29, 1.82) is 0 Å². The fraction of sp³-hybridized carbons (Fsp3) is 0.889. The van der Waals surface area contributed by atoms with Crippen molar-refractivity contribution in [2.24, 2.45) is 11.3 Å². The summed E-state index contributed by atoms with van der Waals surface area (Å²) in [6.07, 6.45) is 3.00. The molecular weight excluding hydrogens is 370 g/mol. The van der Waals surface area contributed by atoms with Crippen molar-refractivity contribution < 1.29 is 22.7 Å². The quantitative estimate of drug-likeness (QED) is 0.742. The number of hydrogen-bond donors (Lipinski definition) is 1. The zero-order valence-electron chi connectivity index (χ0n) is 16.2. The van der Waals surface area contributed by atoms with Gasteiger partial charge in [-0.1, -0.05) is 6.92 Å². The lowest BCUT2D eigenvalue weighted by Crippen LogP contribution is -2.65. The molecule has 3 atom stereocenters. The van der Waals surface area contributed by atoms with Crippen LogP contribution in [0.1, 0.15) is 46.0 Å². The Kier molecular flexibility index (Phi) is 4.36. The van der Waals surface area contributed by atoms with Gasteiger partial charge in [0.2, 0.25) is 15.9 Å². The molecule has 4 aliphatic rings. The fourth-order valence-electron chi connectivity index (χ4n) is 4.57. The highest BCUT2D eigenvalue weighted by Crippen LogP contribution is 2.41. The molecule has 8 nitrogen and oxygen atoms in total. The summed E-state index contributed by atoms with van der Waals surface area (Å²) < 4.78 is 33.7. The van der Waals surface area contributed by atoms with E-state index >= 15 is 0 Å². The Morgan fingerprint density at radius 3 is 2.41 bits per heavy atom. The molecule has 2 aliphatic heterocycles. The number of amides is 3. The first-order chi connectivity index (χ1) is 12.5. The molecule has 0 aromatic carbocycles. The first-order valence-electron chi connectivity index (χ1n) is 9.72. The van der Waals surface area contributed by atoms with Crippen molar-refractivity contribution in [3.63, 3.8) is 0 Å². The molecule has 0 bridgehead atoms. The maximum absolute atomic E-state index is 12.8. The van der Waals surface area contributed by atoms with Crippen molar-refractivity contribution in [2.75, 3.05) is 26.8 Å². The van der Waals surface area contributed by atoms with Gasteiger partial charge in [0, 0.05) is 30.6 Å². The molecule has 3 unspecified atom stereocenters. The monoisotopic (exact) mass is 399 g/mol. The van der Waals surface area contributed by atoms with Crippen LogP contribution in [0.5, 0.6) is 0 Å². The Morgan fingerprint density at radius 2 is 1.85 bits per heavy atom. The molecule has 2 aliphatic carbocycles. The minimum Gasteiger partial charge on any atom is -0.380 e. The number of carbonyl (C=O) groups excluding carboxylic acids is 2. The number of hydrogen-bond acceptors (Lipinski definition) is 5. The average molecular weight is 400 g/mol. The third-order valence-corrected chi connectivity index (χ3v) is 8.71. The van der Waals surface area contributed by atoms with E-state index in [1.54, 1.807) is 4.90 Å². The van der Waals surface area contributed by atoms with Crippen LogP contribution in [0.2, 0.25) is 0 Å². The molecule has 0 aromatic rings. The lowest BCUT2D eigenvalue weighted by Gasteiger charge is -2.51. The molecule has 3 amide bonds. The normalized spacial score (nSPS) is 34.9. The zero-order valence-corrected chi connectivity index (χ0v) is 17.0. The molecule has 9 heteroatoms. The Hall–Kier alpha value is -1.19. The molecule has 0 radical (unpaired) electrons. The first-order valence-corrected chi connectivity index (χ1v) is 11.3. The maximum atomic E-state index is 12.8. The van der Waals surface area contributed by atoms with Gasteiger partial charge in [-0.2, -0.15) is 0 Å². The summed E-state index contributed by atoms with van der Waals surface area (Å²) in [6, 6.07) is -0.499. The molecular formula is C18H29N3O5S. The number of fused-ring (bicyclic) bond motifs is 1. The van der Waals surface area contributed by atoms with Crippen molar-refractivity contribution in [1.82, 2.24) is 14.5 Å². The highest BCUT2D eigenvalue weighted by atomic mass is 32.2. The van der Waals surface area contributed by atoms with Gasteiger partial charge in [-0.3, -0.25) is 9.69 Å². The largest absolute Gasteiger partial charge is 0.380 e. The SMILES string of the molecule is CN1C(=O)C2CC(S(=O)(=O)NC3(C)CC3)CCC2N(CC2(C)COC2)C1=O. The van der Waals surface area contributed by atoms with Gasteiger partial charge < -0.3 is 9.64 Å². The van der Waals surface area contributed by atoms with Crippen LogP contribution in [-0.4, -0.2) is 73.8 Å². The lowest BCUT2D eigenvalue weighted by atomic mass is 9.79. The van der Waals surface area contributed by atoms with Crippen LogP contribution in [0.15, 0.2) is 0 Å². The van der Waals surface area contributed by atoms with Gasteiger partial charge in [0.25, 0.3) is 0 Å². The molecule has 0 aromatic heterocycles. The summed E-state index contributed by atoms with van der Waals surface area (Å²) in [5.74, 6) is -0.714. The Bertz CT molecular complexity index is 759. The molecule has 4 rings (SSSR count). The van der Waals surface area contributed by atoms with Gasteiger partial charge in [-0.05, 0) is 39.0 Å². The summed E-state index contributed by atoms with van der Waals surface area (Å²) >= 11 is 0. The minimum atomic E-state index is -3.47. The van der Waals surface area contributed by atoms with Crippen LogP contribution >= 0.6 is 0 Å². The van der Waals surface area contributed by atoms with E-state index in [1.165, 1.54) is 7.05 Å². The Balaban J connectivity index is 1.53. The van der Waals surface area contributed by atoms with Crippen LogP contribution in [-0.2, 0) is 19.6 Å². The smallest absolute Gasteiger partial charge is 0.326 e. The van der Waals surface area contributed by atoms with Crippen LogP contribution in [0.4, 0.5) is 4.79 Å². The standard InChI is InChI=1S/C18H29N3O5S/c1-17(10-26-11-17)9-21-14-5-4-12(27(24,25)19-18(2)6-7-18)8-13(14)15(22)20(3)16(21)23/h12-14,19H,4-11H2,1-3H3. The van der Waals surface area contributed by atoms with Gasteiger partial charge in [0.15, 0.2) is 0 Å². The van der Waals surface area contributed by atoms with Crippen LogP contribution in [0.3, 0.4) is 0 Å². The molecule has 152 valence electrons. The van der Waals surface area contributed by atoms with E-state index in [1.807, 2.05) is 6.92 Å². The highest BCUT2D eigenvalue weighted by Gasteiger charge is 2.52. The third kappa shape index (κ3) is 3.38. The van der Waals surface area contributed by atoms with Crippen LogP contribution in [0, 0.1) is 11.3 Å². The molecule has 27 heavy (non-hydrogen) atoms. The fourth-order valence-corrected chi connectivity index (χ4v) is 6.53. The molecule has 1 N–H and O–H groups in total. The Labute approximate surface area is 160 Å². The topological polar surface area (TPSA) is 96.0 Å². The summed E-state index contributed by atoms with van der Waals surface area (Å²) in [5.41, 5.74) is -0.406. The average Bonchev–Trinajstić information content (AvgIpc) is 3.30. The lowest BCUT2D eigenvalue weighted by molar-refractivity contribution is -0.145. The number of nitrogens with zero attached hydrogens (tertiary/aromatic N) is 2. The van der Waals surface area contributed by atoms with Gasteiger partial charge in [-0.15, -0.1) is 0 Å². The summed E-state index contributed by atoms with van der Waals surface area (Å²) in [6.45, 7) is 5.73. The predicted octanol–water partition coefficient (Wildman–Crippen LogP) is 0.926. The van der Waals surface area contributed by atoms with Gasteiger partial charge in [-0.25, -0.2) is 17.9 Å². The molecule has 4 fully saturated rings. The first kappa shape index (κ1) is 19.1. The van der Waals surface area contributed by atoms with Crippen LogP contribution < -0.4 is 4.72 Å². The third-order valence-electron chi connectivity index (χ3n) is 6.63. The van der Waals surface area contributed by atoms with E-state index in [-0.39, 0.29) is 35.4 Å². The summed E-state index contributed by atoms with van der Waals surface area (Å²) in [7, 11) is -1.98. The van der Waals surface area contributed by atoms with Crippen LogP contribution in [0.25, 0.3) is 0 Å². The number of nitrogens with one attached hydrogen (secondary N) is 1. The van der Waals surface area contributed by atoms with E-state index in [4.69, 9.17) is 4.74 Å². The maximum Gasteiger partial charge on any atom is 0.326 e. The van der Waals surface area contributed by atoms with Crippen molar-refractivity contribution in [3.8, 4) is 0 Å². The summed E-state index contributed by atoms with van der Waals surface area (Å²) in [5, 5.41) is -0.578. The number of imide groups is 1. The van der Waals surface area contributed by atoms with E-state index in [0.29, 0.717) is 32.6 Å². The number of sulfonamides is 1. The second kappa shape index (κ2) is 6.15. The second-order valence-corrected chi connectivity index (χ2v) is 11.4. The van der Waals surface area contributed by atoms with Crippen molar-refractivity contribution in [3.05, 3.63) is 0 Å². The van der Waals surface area contributed by atoms with E-state index in [0.717, 1.165) is 17.7 Å². The summed E-state index contributed by atoms with van der Waals surface area (Å²) in [4.78, 5) is 28.5. The highest BCUT2D eigenvalue weighted by molar-refractivity contribution is 7.90. The number of rotatable bonds is 5.